The first-order chi connectivity index (χ1) is 52.2. The number of ether oxygens (including phenoxy) is 3. The Hall–Kier alpha value is -3.53. The van der Waals surface area contributed by atoms with Crippen LogP contribution in [0.1, 0.15) is 393 Å². The van der Waals surface area contributed by atoms with Crippen LogP contribution in [0.5, 0.6) is 0 Å². The maximum Gasteiger partial charge on any atom is 0.472 e. The molecule has 0 amide bonds. The van der Waals surface area contributed by atoms with Gasteiger partial charge in [-0.3, -0.25) is 32.5 Å². The molecule has 18 heteroatoms. The van der Waals surface area contributed by atoms with E-state index < -0.39 is 91.5 Å². The summed E-state index contributed by atoms with van der Waals surface area (Å²) in [6, 6.07) is 0. The summed E-state index contributed by atoms with van der Waals surface area (Å²) in [6.45, 7) is 2.67. The highest BCUT2D eigenvalue weighted by atomic mass is 31.2. The lowest BCUT2D eigenvalue weighted by Gasteiger charge is -2.21. The van der Waals surface area contributed by atoms with Crippen molar-refractivity contribution in [3.8, 4) is 0 Å². The minimum Gasteiger partial charge on any atom is -0.463 e. The molecular formula is C89H160O16P2. The summed E-state index contributed by atoms with van der Waals surface area (Å²) >= 11 is 0. The number of hydrogen-bond acceptors (Lipinski definition) is 14. The van der Waals surface area contributed by atoms with Crippen LogP contribution in [-0.4, -0.2) is 95.9 Å². The van der Waals surface area contributed by atoms with Crippen LogP contribution >= 0.6 is 15.6 Å². The Morgan fingerprint density at radius 3 is 0.757 bits per heavy atom. The Bertz CT molecular complexity index is 2330. The van der Waals surface area contributed by atoms with Gasteiger partial charge in [0.15, 0.2) is 6.10 Å². The van der Waals surface area contributed by atoms with Gasteiger partial charge in [-0.1, -0.05) is 362 Å². The van der Waals surface area contributed by atoms with Gasteiger partial charge in [-0.25, -0.2) is 9.13 Å². The first kappa shape index (κ1) is 103. The molecule has 16 nitrogen and oxygen atoms in total. The van der Waals surface area contributed by atoms with Gasteiger partial charge in [0.05, 0.1) is 26.4 Å². The van der Waals surface area contributed by atoms with Crippen LogP contribution in [0.15, 0.2) is 97.2 Å². The number of allylic oxidation sites excluding steroid dienone is 16. The summed E-state index contributed by atoms with van der Waals surface area (Å²) in [5.41, 5.74) is 0. The molecule has 0 fully saturated rings. The van der Waals surface area contributed by atoms with Crippen LogP contribution in [0.3, 0.4) is 0 Å². The first-order valence-corrected chi connectivity index (χ1v) is 46.5. The molecule has 0 rings (SSSR count). The standard InChI is InChI=1S/C89H160O16P2/c1-4-7-10-13-16-19-22-24-26-28-30-32-34-36-38-39-40-41-42-43-45-47-48-50-52-54-56-58-61-63-66-69-72-75-87(92)99-78-84(90)79-101-106(95,96)102-80-85(91)81-103-107(97,98)104-83-86(105-89(94)77-74-71-68-65-60-21-18-15-12-9-6-3)82-100-88(93)76-73-70-67-64-62-59-57-55-53-51-49-46-44-37-35-33-31-29-27-25-23-20-17-14-11-8-5-2/h16-17,19-20,24-27,30-33,36-38,44,84-86,90-91H,4-15,18,21-23,28-29,34-35,39-43,45-83H2,1-3H3,(H,95,96)(H,97,98)/b19-16-,20-17-,26-24-,27-25-,32-30-,33-31-,38-36-,44-37-. The van der Waals surface area contributed by atoms with Crippen molar-refractivity contribution in [2.45, 2.75) is 411 Å². The quantitative estimate of drug-likeness (QED) is 0.0146. The molecule has 0 aliphatic heterocycles. The molecule has 0 spiro atoms. The fourth-order valence-corrected chi connectivity index (χ4v) is 13.7. The number of phosphoric acid groups is 2. The summed E-state index contributed by atoms with van der Waals surface area (Å²) in [5, 5.41) is 20.7. The molecule has 0 aliphatic rings. The summed E-state index contributed by atoms with van der Waals surface area (Å²) in [4.78, 5) is 58.7. The predicted octanol–water partition coefficient (Wildman–Crippen LogP) is 26.1. The normalized spacial score (nSPS) is 14.3. The molecule has 0 saturated carbocycles. The van der Waals surface area contributed by atoms with Gasteiger partial charge >= 0.3 is 33.6 Å². The molecule has 5 atom stereocenters. The van der Waals surface area contributed by atoms with E-state index >= 15 is 0 Å². The van der Waals surface area contributed by atoms with Crippen molar-refractivity contribution in [3.63, 3.8) is 0 Å². The predicted molar refractivity (Wildman–Crippen MR) is 445 cm³/mol. The van der Waals surface area contributed by atoms with Gasteiger partial charge in [-0.15, -0.1) is 0 Å². The van der Waals surface area contributed by atoms with E-state index in [9.17, 15) is 43.5 Å². The molecule has 0 aromatic carbocycles. The van der Waals surface area contributed by atoms with Gasteiger partial charge in [0, 0.05) is 19.3 Å². The molecule has 0 bridgehead atoms. The van der Waals surface area contributed by atoms with Crippen molar-refractivity contribution in [1.82, 2.24) is 0 Å². The van der Waals surface area contributed by atoms with Crippen LogP contribution in [0.25, 0.3) is 0 Å². The number of carbonyl (C=O) groups is 3. The van der Waals surface area contributed by atoms with Crippen molar-refractivity contribution < 1.29 is 75.8 Å². The maximum atomic E-state index is 12.9. The molecule has 622 valence electrons. The number of esters is 3. The van der Waals surface area contributed by atoms with Gasteiger partial charge in [0.1, 0.15) is 25.4 Å². The zero-order chi connectivity index (χ0) is 78.0. The molecule has 0 aromatic rings. The Morgan fingerprint density at radius 1 is 0.262 bits per heavy atom. The van der Waals surface area contributed by atoms with E-state index in [2.05, 4.69) is 118 Å². The fraction of sp³-hybridized carbons (Fsp3) is 0.787. The summed E-state index contributed by atoms with van der Waals surface area (Å²) in [7, 11) is -9.78. The van der Waals surface area contributed by atoms with E-state index in [-0.39, 0.29) is 19.3 Å². The van der Waals surface area contributed by atoms with Crippen LogP contribution in [0.4, 0.5) is 0 Å². The van der Waals surface area contributed by atoms with Crippen LogP contribution in [0, 0.1) is 0 Å². The first-order valence-electron chi connectivity index (χ1n) is 43.5. The summed E-state index contributed by atoms with van der Waals surface area (Å²) < 4.78 is 61.2. The van der Waals surface area contributed by atoms with Crippen molar-refractivity contribution in [1.29, 1.82) is 0 Å². The molecule has 0 aliphatic carbocycles. The lowest BCUT2D eigenvalue weighted by Crippen LogP contribution is -2.30. The zero-order valence-electron chi connectivity index (χ0n) is 68.3. The number of carbonyl (C=O) groups excluding carboxylic acids is 3. The van der Waals surface area contributed by atoms with Gasteiger partial charge < -0.3 is 34.2 Å². The third kappa shape index (κ3) is 83.2. The monoisotopic (exact) mass is 1550 g/mol. The molecular weight excluding hydrogens is 1390 g/mol. The van der Waals surface area contributed by atoms with Crippen molar-refractivity contribution in [2.24, 2.45) is 0 Å². The van der Waals surface area contributed by atoms with Crippen molar-refractivity contribution >= 4 is 33.6 Å². The second kappa shape index (κ2) is 81.9. The fourth-order valence-electron chi connectivity index (χ4n) is 12.1. The zero-order valence-corrected chi connectivity index (χ0v) is 70.1. The number of hydrogen-bond donors (Lipinski definition) is 4. The highest BCUT2D eigenvalue weighted by Crippen LogP contribution is 2.45. The summed E-state index contributed by atoms with van der Waals surface area (Å²) in [5.74, 6) is -1.56. The molecule has 4 N–H and O–H groups in total. The maximum absolute atomic E-state index is 12.9. The Kier molecular flexibility index (Phi) is 79.2. The highest BCUT2D eigenvalue weighted by molar-refractivity contribution is 7.47. The summed E-state index contributed by atoms with van der Waals surface area (Å²) in [6.07, 6.45) is 96.2. The Labute approximate surface area is 654 Å². The average Bonchev–Trinajstić information content (AvgIpc) is 0.940. The van der Waals surface area contributed by atoms with Crippen LogP contribution in [0.2, 0.25) is 0 Å². The molecule has 0 aromatic heterocycles. The van der Waals surface area contributed by atoms with Gasteiger partial charge in [-0.05, 0) is 109 Å². The Morgan fingerprint density at radius 2 is 0.467 bits per heavy atom. The van der Waals surface area contributed by atoms with E-state index in [1.54, 1.807) is 0 Å². The molecule has 0 saturated heterocycles. The molecule has 107 heavy (non-hydrogen) atoms. The molecule has 0 radical (unpaired) electrons. The average molecular weight is 1550 g/mol. The molecule has 0 heterocycles. The largest absolute Gasteiger partial charge is 0.472 e. The minimum atomic E-state index is -4.93. The number of aliphatic hydroxyl groups excluding tert-OH is 2. The van der Waals surface area contributed by atoms with Crippen LogP contribution < -0.4 is 0 Å². The van der Waals surface area contributed by atoms with Crippen molar-refractivity contribution in [2.75, 3.05) is 39.6 Å². The number of rotatable bonds is 83. The third-order valence-electron chi connectivity index (χ3n) is 18.8. The smallest absolute Gasteiger partial charge is 0.463 e. The second-order valence-corrected chi connectivity index (χ2v) is 32.3. The lowest BCUT2D eigenvalue weighted by molar-refractivity contribution is -0.161. The number of aliphatic hydroxyl groups is 2. The van der Waals surface area contributed by atoms with Gasteiger partial charge in [-0.2, -0.15) is 0 Å². The highest BCUT2D eigenvalue weighted by Gasteiger charge is 2.29. The molecule has 5 unspecified atom stereocenters. The number of unbranched alkanes of at least 4 members (excludes halogenated alkanes) is 44. The third-order valence-corrected chi connectivity index (χ3v) is 20.7. The SMILES string of the molecule is CCCCC/C=C\C/C=C\C/C=C\C/C=C\CCCCCCCCCCCCCCCCCCCC(=O)OCC(O)COP(=O)(O)OCC(O)COP(=O)(O)OCC(COC(=O)CCCCCCCCCCCCC/C=C\C/C=C\C/C=C\C/C=C\CCCCC)OC(=O)CCCCCCCCCCCCC. The van der Waals surface area contributed by atoms with E-state index in [0.717, 1.165) is 116 Å². The second-order valence-electron chi connectivity index (χ2n) is 29.3. The van der Waals surface area contributed by atoms with E-state index in [1.807, 2.05) is 0 Å². The van der Waals surface area contributed by atoms with Crippen molar-refractivity contribution in [3.05, 3.63) is 97.2 Å². The van der Waals surface area contributed by atoms with Crippen LogP contribution in [-0.2, 0) is 55.8 Å². The van der Waals surface area contributed by atoms with Gasteiger partial charge in [0.2, 0.25) is 0 Å². The van der Waals surface area contributed by atoms with E-state index in [1.165, 1.54) is 218 Å². The lowest BCUT2D eigenvalue weighted by atomic mass is 10.0. The topological polar surface area (TPSA) is 231 Å². The number of phosphoric ester groups is 2. The van der Waals surface area contributed by atoms with Gasteiger partial charge in [0.25, 0.3) is 0 Å². The van der Waals surface area contributed by atoms with E-state index in [4.69, 9.17) is 32.3 Å². The van der Waals surface area contributed by atoms with E-state index in [0.29, 0.717) is 19.3 Å². The minimum absolute atomic E-state index is 0.108. The Balaban J connectivity index is 4.35.